The van der Waals surface area contributed by atoms with Crippen LogP contribution in [0.1, 0.15) is 25.7 Å². The van der Waals surface area contributed by atoms with E-state index in [2.05, 4.69) is 34.6 Å². The first-order valence-corrected chi connectivity index (χ1v) is 7.19. The quantitative estimate of drug-likeness (QED) is 0.885. The maximum Gasteiger partial charge on any atom is 0.126 e. The van der Waals surface area contributed by atoms with Gasteiger partial charge in [0.2, 0.25) is 0 Å². The molecule has 1 aromatic carbocycles. The second kappa shape index (κ2) is 5.57. The molecule has 2 aromatic rings. The number of nitrogens with zero attached hydrogens (tertiary/aromatic N) is 1. The molecule has 3 nitrogen and oxygen atoms in total. The van der Waals surface area contributed by atoms with E-state index in [0.717, 1.165) is 17.9 Å². The normalized spacial score (nSPS) is 23.4. The van der Waals surface area contributed by atoms with E-state index in [1.54, 1.807) is 0 Å². The topological polar surface area (TPSA) is 50.9 Å². The van der Waals surface area contributed by atoms with Crippen LogP contribution in [0.2, 0.25) is 0 Å². The van der Waals surface area contributed by atoms with Gasteiger partial charge in [-0.05, 0) is 43.5 Å². The largest absolute Gasteiger partial charge is 0.367 e. The van der Waals surface area contributed by atoms with E-state index in [1.807, 2.05) is 12.1 Å². The molecule has 1 aliphatic rings. The van der Waals surface area contributed by atoms with Crippen LogP contribution in [0.5, 0.6) is 0 Å². The molecular formula is C16H21N3. The molecule has 3 heteroatoms. The standard InChI is InChI=1S/C16H21N3/c17-11-13-6-2-4-8-15(13)19-16-10-9-12-5-1-3-7-14(12)18-16/h1,3,5,7,9-10,13,15H,2,4,6,8,11,17H2,(H,18,19). The van der Waals surface area contributed by atoms with Crippen molar-refractivity contribution in [3.8, 4) is 0 Å². The van der Waals surface area contributed by atoms with Crippen LogP contribution < -0.4 is 11.1 Å². The molecule has 3 N–H and O–H groups in total. The molecule has 2 atom stereocenters. The third-order valence-corrected chi connectivity index (χ3v) is 4.14. The van der Waals surface area contributed by atoms with Crippen molar-refractivity contribution >= 4 is 16.7 Å². The number of rotatable bonds is 3. The van der Waals surface area contributed by atoms with Gasteiger partial charge in [-0.15, -0.1) is 0 Å². The average molecular weight is 255 g/mol. The van der Waals surface area contributed by atoms with E-state index in [1.165, 1.54) is 31.1 Å². The third-order valence-electron chi connectivity index (χ3n) is 4.14. The summed E-state index contributed by atoms with van der Waals surface area (Å²) < 4.78 is 0. The summed E-state index contributed by atoms with van der Waals surface area (Å²) in [5.74, 6) is 1.56. The Morgan fingerprint density at radius 3 is 2.84 bits per heavy atom. The zero-order valence-corrected chi connectivity index (χ0v) is 11.2. The number of pyridine rings is 1. The van der Waals surface area contributed by atoms with Crippen LogP contribution in [0.15, 0.2) is 36.4 Å². The minimum Gasteiger partial charge on any atom is -0.367 e. The Bertz CT molecular complexity index is 552. The summed E-state index contributed by atoms with van der Waals surface area (Å²) in [6, 6.07) is 12.9. The number of anilines is 1. The summed E-state index contributed by atoms with van der Waals surface area (Å²) in [4.78, 5) is 4.69. The molecule has 1 aliphatic carbocycles. The maximum atomic E-state index is 5.88. The molecule has 0 saturated heterocycles. The van der Waals surface area contributed by atoms with E-state index >= 15 is 0 Å². The van der Waals surface area contributed by atoms with Crippen LogP contribution >= 0.6 is 0 Å². The first-order chi connectivity index (χ1) is 9.36. The number of benzene rings is 1. The molecular weight excluding hydrogens is 234 g/mol. The van der Waals surface area contributed by atoms with Gasteiger partial charge in [0, 0.05) is 11.4 Å². The average Bonchev–Trinajstić information content (AvgIpc) is 2.48. The van der Waals surface area contributed by atoms with Crippen LogP contribution in [0.3, 0.4) is 0 Å². The van der Waals surface area contributed by atoms with E-state index < -0.39 is 0 Å². The lowest BCUT2D eigenvalue weighted by Gasteiger charge is -2.31. The minimum absolute atomic E-state index is 0.479. The van der Waals surface area contributed by atoms with Crippen molar-refractivity contribution < 1.29 is 0 Å². The van der Waals surface area contributed by atoms with Crippen molar-refractivity contribution in [1.29, 1.82) is 0 Å². The fraction of sp³-hybridized carbons (Fsp3) is 0.438. The Hall–Kier alpha value is -1.61. The van der Waals surface area contributed by atoms with Gasteiger partial charge in [0.25, 0.3) is 0 Å². The Morgan fingerprint density at radius 2 is 1.95 bits per heavy atom. The highest BCUT2D eigenvalue weighted by Crippen LogP contribution is 2.26. The van der Waals surface area contributed by atoms with E-state index in [9.17, 15) is 0 Å². The maximum absolute atomic E-state index is 5.88. The van der Waals surface area contributed by atoms with Gasteiger partial charge < -0.3 is 11.1 Å². The van der Waals surface area contributed by atoms with Crippen LogP contribution in [0, 0.1) is 5.92 Å². The molecule has 3 rings (SSSR count). The van der Waals surface area contributed by atoms with Crippen molar-refractivity contribution in [2.24, 2.45) is 11.7 Å². The highest BCUT2D eigenvalue weighted by atomic mass is 15.0. The number of hydrogen-bond acceptors (Lipinski definition) is 3. The highest BCUT2D eigenvalue weighted by Gasteiger charge is 2.23. The molecule has 0 radical (unpaired) electrons. The number of para-hydroxylation sites is 1. The first kappa shape index (κ1) is 12.4. The zero-order chi connectivity index (χ0) is 13.1. The van der Waals surface area contributed by atoms with Crippen LogP contribution in [0.25, 0.3) is 10.9 Å². The lowest BCUT2D eigenvalue weighted by molar-refractivity contribution is 0.332. The molecule has 19 heavy (non-hydrogen) atoms. The van der Waals surface area contributed by atoms with Gasteiger partial charge in [-0.1, -0.05) is 31.0 Å². The predicted octanol–water partition coefficient (Wildman–Crippen LogP) is 3.16. The van der Waals surface area contributed by atoms with Crippen molar-refractivity contribution in [3.63, 3.8) is 0 Å². The molecule has 100 valence electrons. The van der Waals surface area contributed by atoms with Crippen molar-refractivity contribution in [3.05, 3.63) is 36.4 Å². The highest BCUT2D eigenvalue weighted by molar-refractivity contribution is 5.80. The molecule has 0 aliphatic heterocycles. The number of fused-ring (bicyclic) bond motifs is 1. The van der Waals surface area contributed by atoms with E-state index in [4.69, 9.17) is 5.73 Å². The summed E-state index contributed by atoms with van der Waals surface area (Å²) >= 11 is 0. The summed E-state index contributed by atoms with van der Waals surface area (Å²) in [5.41, 5.74) is 6.93. The van der Waals surface area contributed by atoms with Gasteiger partial charge in [0.05, 0.1) is 5.52 Å². The number of aromatic nitrogens is 1. The Kier molecular flexibility index (Phi) is 3.65. The van der Waals surface area contributed by atoms with Crippen molar-refractivity contribution in [1.82, 2.24) is 4.98 Å². The smallest absolute Gasteiger partial charge is 0.126 e. The van der Waals surface area contributed by atoms with Crippen LogP contribution in [-0.4, -0.2) is 17.6 Å². The van der Waals surface area contributed by atoms with Gasteiger partial charge >= 0.3 is 0 Å². The number of nitrogens with two attached hydrogens (primary N) is 1. The fourth-order valence-electron chi connectivity index (χ4n) is 3.02. The molecule has 0 amide bonds. The van der Waals surface area contributed by atoms with Gasteiger partial charge in [-0.2, -0.15) is 0 Å². The molecule has 1 fully saturated rings. The molecule has 1 saturated carbocycles. The van der Waals surface area contributed by atoms with E-state index in [0.29, 0.717) is 12.0 Å². The number of hydrogen-bond donors (Lipinski definition) is 2. The van der Waals surface area contributed by atoms with Gasteiger partial charge in [-0.25, -0.2) is 4.98 Å². The summed E-state index contributed by atoms with van der Waals surface area (Å²) in [6.45, 7) is 0.769. The van der Waals surface area contributed by atoms with Gasteiger partial charge in [0.1, 0.15) is 5.82 Å². The monoisotopic (exact) mass is 255 g/mol. The van der Waals surface area contributed by atoms with Gasteiger partial charge in [-0.3, -0.25) is 0 Å². The third kappa shape index (κ3) is 2.71. The molecule has 1 heterocycles. The summed E-state index contributed by atoms with van der Waals surface area (Å²) in [5, 5.41) is 4.77. The molecule has 0 bridgehead atoms. The van der Waals surface area contributed by atoms with Crippen molar-refractivity contribution in [2.45, 2.75) is 31.7 Å². The SMILES string of the molecule is NCC1CCCCC1Nc1ccc2ccccc2n1. The lowest BCUT2D eigenvalue weighted by Crippen LogP contribution is -2.36. The first-order valence-electron chi connectivity index (χ1n) is 7.19. The van der Waals surface area contributed by atoms with Crippen LogP contribution in [0.4, 0.5) is 5.82 Å². The summed E-state index contributed by atoms with van der Waals surface area (Å²) in [6.07, 6.45) is 5.05. The zero-order valence-electron chi connectivity index (χ0n) is 11.2. The summed E-state index contributed by atoms with van der Waals surface area (Å²) in [7, 11) is 0. The predicted molar refractivity (Wildman–Crippen MR) is 80.2 cm³/mol. The Balaban J connectivity index is 1.80. The fourth-order valence-corrected chi connectivity index (χ4v) is 3.02. The van der Waals surface area contributed by atoms with E-state index in [-0.39, 0.29) is 0 Å². The number of nitrogens with one attached hydrogen (secondary N) is 1. The molecule has 2 unspecified atom stereocenters. The van der Waals surface area contributed by atoms with Crippen LogP contribution in [-0.2, 0) is 0 Å². The Labute approximate surface area is 114 Å². The lowest BCUT2D eigenvalue weighted by atomic mass is 9.84. The second-order valence-electron chi connectivity index (χ2n) is 5.42. The van der Waals surface area contributed by atoms with Crippen molar-refractivity contribution in [2.75, 3.05) is 11.9 Å². The Morgan fingerprint density at radius 1 is 1.11 bits per heavy atom. The molecule has 0 spiro atoms. The minimum atomic E-state index is 0.479. The van der Waals surface area contributed by atoms with Gasteiger partial charge in [0.15, 0.2) is 0 Å². The molecule has 1 aromatic heterocycles. The second-order valence-corrected chi connectivity index (χ2v) is 5.42.